The van der Waals surface area contributed by atoms with Crippen molar-refractivity contribution in [2.45, 2.75) is 6.92 Å². The minimum Gasteiger partial charge on any atom is -0.344 e. The summed E-state index contributed by atoms with van der Waals surface area (Å²) in [5, 5.41) is 5.40. The largest absolute Gasteiger partial charge is 0.344 e. The second-order valence-electron chi connectivity index (χ2n) is 1.47. The average molecular weight is 151 g/mol. The number of rotatable bonds is 1. The highest BCUT2D eigenvalue weighted by Gasteiger charge is 2.01. The summed E-state index contributed by atoms with van der Waals surface area (Å²) in [5.41, 5.74) is 0. The van der Waals surface area contributed by atoms with Gasteiger partial charge in [0.2, 0.25) is 6.08 Å². The number of carbonyl (C=O) groups excluding carboxylic acids is 1. The van der Waals surface area contributed by atoms with Gasteiger partial charge in [0.1, 0.15) is 0 Å². The Morgan fingerprint density at radius 3 is 1.89 bits per heavy atom. The summed E-state index contributed by atoms with van der Waals surface area (Å²) in [6.45, 7) is 3.05. The van der Waals surface area contributed by atoms with E-state index in [0.717, 1.165) is 6.08 Å². The van der Waals surface area contributed by atoms with Gasteiger partial charge in [0.05, 0.1) is 0 Å². The second kappa shape index (κ2) is 5.70. The van der Waals surface area contributed by atoms with Crippen LogP contribution in [0.2, 0.25) is 0 Å². The van der Waals surface area contributed by atoms with Crippen LogP contribution in [0.15, 0.2) is 0 Å². The Kier molecular flexibility index (Phi) is 7.21. The maximum atomic E-state index is 10.1. The van der Waals surface area contributed by atoms with Gasteiger partial charge in [-0.15, -0.1) is 0 Å². The number of nitrogens with one attached hydrogen (secondary N) is 1. The van der Waals surface area contributed by atoms with E-state index in [1.54, 1.807) is 6.92 Å². The molecule has 0 radical (unpaired) electrons. The van der Waals surface area contributed by atoms with Gasteiger partial charge in [-0.2, -0.15) is 0 Å². The molecule has 0 bridgehead atoms. The maximum Gasteiger partial charge on any atom is 0.231 e. The fourth-order valence-electron chi connectivity index (χ4n) is 0. The smallest absolute Gasteiger partial charge is 0.231 e. The summed E-state index contributed by atoms with van der Waals surface area (Å²) in [6, 6.07) is 0. The summed E-state index contributed by atoms with van der Waals surface area (Å²) in [6.07, 6.45) is 1.13. The lowest BCUT2D eigenvalue weighted by atomic mass is 11.0. The predicted octanol–water partition coefficient (Wildman–Crippen LogP) is 0.807. The SMILES string of the molecule is CCP(C)(=O)O.N=C=O. The van der Waals surface area contributed by atoms with Crippen LogP contribution in [0, 0.1) is 5.41 Å². The molecule has 0 rings (SSSR count). The molecule has 2 N–H and O–H groups in total. The lowest BCUT2D eigenvalue weighted by Crippen LogP contribution is -1.75. The Hall–Kier alpha value is -0.430. The number of hydrogen-bond acceptors (Lipinski definition) is 3. The highest BCUT2D eigenvalue weighted by molar-refractivity contribution is 7.57. The van der Waals surface area contributed by atoms with Crippen molar-refractivity contribution in [3.05, 3.63) is 0 Å². The molecule has 1 atom stereocenters. The molecule has 0 saturated heterocycles. The first-order valence-electron chi connectivity index (χ1n) is 2.31. The molecule has 0 amide bonds. The van der Waals surface area contributed by atoms with Crippen molar-refractivity contribution >= 4 is 13.4 Å². The van der Waals surface area contributed by atoms with Crippen molar-refractivity contribution in [3.63, 3.8) is 0 Å². The van der Waals surface area contributed by atoms with Gasteiger partial charge >= 0.3 is 0 Å². The quantitative estimate of drug-likeness (QED) is 0.330. The molecule has 54 valence electrons. The van der Waals surface area contributed by atoms with Gasteiger partial charge < -0.3 is 4.89 Å². The molecule has 9 heavy (non-hydrogen) atoms. The van der Waals surface area contributed by atoms with Gasteiger partial charge in [0, 0.05) is 12.8 Å². The Balaban J connectivity index is 0. The summed E-state index contributed by atoms with van der Waals surface area (Å²) < 4.78 is 10.1. The predicted molar refractivity (Wildman–Crippen MR) is 34.7 cm³/mol. The van der Waals surface area contributed by atoms with Crippen LogP contribution >= 0.6 is 7.37 Å². The van der Waals surface area contributed by atoms with Crippen LogP contribution in [0.5, 0.6) is 0 Å². The molecule has 5 heteroatoms. The fraction of sp³-hybridized carbons (Fsp3) is 0.750. The Morgan fingerprint density at radius 2 is 1.89 bits per heavy atom. The third-order valence-electron chi connectivity index (χ3n) is 0.587. The molecule has 4 nitrogen and oxygen atoms in total. The highest BCUT2D eigenvalue weighted by Crippen LogP contribution is 2.33. The molecule has 1 unspecified atom stereocenters. The van der Waals surface area contributed by atoms with Crippen molar-refractivity contribution < 1.29 is 14.3 Å². The normalized spacial score (nSPS) is 14.1. The Labute approximate surface area is 53.9 Å². The van der Waals surface area contributed by atoms with Gasteiger partial charge in [0.25, 0.3) is 0 Å². The first-order valence-corrected chi connectivity index (χ1v) is 4.60. The van der Waals surface area contributed by atoms with E-state index in [1.165, 1.54) is 6.66 Å². The second-order valence-corrected chi connectivity index (χ2v) is 4.20. The van der Waals surface area contributed by atoms with E-state index < -0.39 is 7.37 Å². The molecule has 0 aromatic heterocycles. The van der Waals surface area contributed by atoms with Crippen molar-refractivity contribution in [1.29, 1.82) is 5.41 Å². The molecular weight excluding hydrogens is 141 g/mol. The Morgan fingerprint density at radius 1 is 1.78 bits per heavy atom. The van der Waals surface area contributed by atoms with E-state index in [0.29, 0.717) is 6.16 Å². The maximum absolute atomic E-state index is 10.1. The van der Waals surface area contributed by atoms with Crippen molar-refractivity contribution in [2.24, 2.45) is 0 Å². The van der Waals surface area contributed by atoms with E-state index >= 15 is 0 Å². The molecule has 0 spiro atoms. The van der Waals surface area contributed by atoms with E-state index in [-0.39, 0.29) is 0 Å². The minimum absolute atomic E-state index is 0.382. The molecule has 0 aliphatic rings. The van der Waals surface area contributed by atoms with Crippen molar-refractivity contribution in [3.8, 4) is 0 Å². The van der Waals surface area contributed by atoms with Crippen LogP contribution in [0.4, 0.5) is 0 Å². The van der Waals surface area contributed by atoms with Crippen LogP contribution in [0.1, 0.15) is 6.92 Å². The van der Waals surface area contributed by atoms with E-state index in [1.807, 2.05) is 0 Å². The lowest BCUT2D eigenvalue weighted by Gasteiger charge is -1.94. The van der Waals surface area contributed by atoms with Gasteiger partial charge in [-0.1, -0.05) is 6.92 Å². The number of hydrogen-bond donors (Lipinski definition) is 2. The summed E-state index contributed by atoms with van der Waals surface area (Å²) in [7, 11) is -2.65. The molecule has 0 fully saturated rings. The van der Waals surface area contributed by atoms with Crippen LogP contribution < -0.4 is 0 Å². The number of isocyanates is 1. The third-order valence-corrected chi connectivity index (χ3v) is 1.76. The van der Waals surface area contributed by atoms with E-state index in [2.05, 4.69) is 0 Å². The van der Waals surface area contributed by atoms with Gasteiger partial charge in [-0.3, -0.25) is 4.57 Å². The topological polar surface area (TPSA) is 78.2 Å². The molecule has 0 aliphatic carbocycles. The standard InChI is InChI=1S/C3H9O2P.CHNO/c1-3-6(2,4)5;2-1-3/h3H2,1-2H3,(H,4,5);2H. The summed E-state index contributed by atoms with van der Waals surface area (Å²) in [4.78, 5) is 16.7. The van der Waals surface area contributed by atoms with E-state index in [9.17, 15) is 4.57 Å². The molecule has 0 aromatic rings. The lowest BCUT2D eigenvalue weighted by molar-refractivity contribution is 0.486. The van der Waals surface area contributed by atoms with Crippen LogP contribution in [-0.4, -0.2) is 23.8 Å². The zero-order valence-corrected chi connectivity index (χ0v) is 6.31. The Bertz CT molecular complexity index is 133. The van der Waals surface area contributed by atoms with Crippen LogP contribution in [0.3, 0.4) is 0 Å². The summed E-state index contributed by atoms with van der Waals surface area (Å²) in [5.74, 6) is 0. The monoisotopic (exact) mass is 151 g/mol. The first-order chi connectivity index (χ1) is 3.97. The zero-order chi connectivity index (χ0) is 7.91. The fourth-order valence-corrected chi connectivity index (χ4v) is 0. The van der Waals surface area contributed by atoms with Crippen LogP contribution in [0.25, 0.3) is 0 Å². The average Bonchev–Trinajstić information content (AvgIpc) is 1.67. The van der Waals surface area contributed by atoms with Gasteiger partial charge in [-0.25, -0.2) is 10.2 Å². The van der Waals surface area contributed by atoms with Gasteiger partial charge in [0.15, 0.2) is 7.37 Å². The van der Waals surface area contributed by atoms with Gasteiger partial charge in [-0.05, 0) is 0 Å². The molecule has 0 aromatic carbocycles. The molecular formula is C4H10NO3P. The molecule has 0 heterocycles. The highest BCUT2D eigenvalue weighted by atomic mass is 31.2. The molecule has 0 saturated carbocycles. The molecule has 0 aliphatic heterocycles. The van der Waals surface area contributed by atoms with Crippen molar-refractivity contribution in [2.75, 3.05) is 12.8 Å². The zero-order valence-electron chi connectivity index (χ0n) is 5.42. The van der Waals surface area contributed by atoms with Crippen molar-refractivity contribution in [1.82, 2.24) is 0 Å². The summed E-state index contributed by atoms with van der Waals surface area (Å²) >= 11 is 0. The van der Waals surface area contributed by atoms with E-state index in [4.69, 9.17) is 15.1 Å². The minimum atomic E-state index is -2.65. The first kappa shape index (κ1) is 11.4. The van der Waals surface area contributed by atoms with Crippen LogP contribution in [-0.2, 0) is 9.36 Å². The third kappa shape index (κ3) is 35.6.